The fourth-order valence-electron chi connectivity index (χ4n) is 1.69. The number of halogens is 2. The molecule has 126 valence electrons. The van der Waals surface area contributed by atoms with Crippen molar-refractivity contribution in [3.8, 4) is 0 Å². The lowest BCUT2D eigenvalue weighted by atomic mass is 10.1. The van der Waals surface area contributed by atoms with Gasteiger partial charge in [0.1, 0.15) is 11.4 Å². The van der Waals surface area contributed by atoms with Crippen LogP contribution in [0.5, 0.6) is 0 Å². The summed E-state index contributed by atoms with van der Waals surface area (Å²) in [5, 5.41) is 13.3. The van der Waals surface area contributed by atoms with Crippen LogP contribution in [0.1, 0.15) is 32.8 Å². The molecule has 1 aromatic rings. The van der Waals surface area contributed by atoms with Crippen molar-refractivity contribution < 1.29 is 23.2 Å². The van der Waals surface area contributed by atoms with Crippen LogP contribution >= 0.6 is 0 Å². The molecule has 1 amide bonds. The Morgan fingerprint density at radius 1 is 1.39 bits per heavy atom. The second kappa shape index (κ2) is 7.66. The SMILES string of the molecule is CC(C)(C)OC(=O)NCCC=Cc1cc(F)cc(F)c1[N+](=O)[O-]. The number of ether oxygens (including phenoxy) is 1. The van der Waals surface area contributed by atoms with E-state index < -0.39 is 33.9 Å². The fourth-order valence-corrected chi connectivity index (χ4v) is 1.69. The van der Waals surface area contributed by atoms with Gasteiger partial charge in [0.15, 0.2) is 0 Å². The first-order chi connectivity index (χ1) is 10.6. The Morgan fingerprint density at radius 2 is 2.04 bits per heavy atom. The van der Waals surface area contributed by atoms with Crippen LogP contribution in [-0.2, 0) is 4.74 Å². The number of carbonyl (C=O) groups excluding carboxylic acids is 1. The first kappa shape index (κ1) is 18.5. The number of hydrogen-bond donors (Lipinski definition) is 1. The molecule has 0 fully saturated rings. The third-order valence-electron chi connectivity index (χ3n) is 2.52. The van der Waals surface area contributed by atoms with Gasteiger partial charge in [-0.15, -0.1) is 0 Å². The van der Waals surface area contributed by atoms with E-state index in [9.17, 15) is 23.7 Å². The third-order valence-corrected chi connectivity index (χ3v) is 2.52. The van der Waals surface area contributed by atoms with Crippen LogP contribution in [0, 0.1) is 21.7 Å². The minimum absolute atomic E-state index is 0.176. The summed E-state index contributed by atoms with van der Waals surface area (Å²) in [5.74, 6) is -2.14. The lowest BCUT2D eigenvalue weighted by Crippen LogP contribution is -2.32. The second-order valence-corrected chi connectivity index (χ2v) is 5.70. The van der Waals surface area contributed by atoms with E-state index in [4.69, 9.17) is 4.74 Å². The number of nitro benzene ring substituents is 1. The Hall–Kier alpha value is -2.51. The summed E-state index contributed by atoms with van der Waals surface area (Å²) in [6.45, 7) is 5.40. The molecule has 0 spiro atoms. The Kier molecular flexibility index (Phi) is 6.18. The van der Waals surface area contributed by atoms with Gasteiger partial charge in [-0.1, -0.05) is 12.2 Å². The summed E-state index contributed by atoms with van der Waals surface area (Å²) in [6, 6.07) is 1.33. The van der Waals surface area contributed by atoms with Crippen molar-refractivity contribution in [2.24, 2.45) is 0 Å². The molecule has 0 aliphatic carbocycles. The van der Waals surface area contributed by atoms with Crippen molar-refractivity contribution in [1.82, 2.24) is 5.32 Å². The van der Waals surface area contributed by atoms with Crippen molar-refractivity contribution in [2.75, 3.05) is 6.54 Å². The lowest BCUT2D eigenvalue weighted by molar-refractivity contribution is -0.387. The second-order valence-electron chi connectivity index (χ2n) is 5.70. The number of nitrogens with one attached hydrogen (secondary N) is 1. The number of nitrogens with zero attached hydrogens (tertiary/aromatic N) is 1. The highest BCUT2D eigenvalue weighted by atomic mass is 19.1. The zero-order valence-electron chi connectivity index (χ0n) is 13.1. The van der Waals surface area contributed by atoms with Gasteiger partial charge in [-0.05, 0) is 33.3 Å². The Balaban J connectivity index is 2.62. The van der Waals surface area contributed by atoms with Gasteiger partial charge < -0.3 is 10.1 Å². The topological polar surface area (TPSA) is 81.5 Å². The highest BCUT2D eigenvalue weighted by Gasteiger charge is 2.20. The van der Waals surface area contributed by atoms with E-state index in [-0.39, 0.29) is 12.1 Å². The van der Waals surface area contributed by atoms with Gasteiger partial charge in [0.05, 0.1) is 10.5 Å². The molecule has 1 aromatic carbocycles. The van der Waals surface area contributed by atoms with Crippen molar-refractivity contribution in [3.05, 3.63) is 45.5 Å². The molecule has 1 rings (SSSR count). The van der Waals surface area contributed by atoms with Crippen molar-refractivity contribution >= 4 is 17.9 Å². The quantitative estimate of drug-likeness (QED) is 0.506. The molecule has 0 unspecified atom stereocenters. The average Bonchev–Trinajstić information content (AvgIpc) is 2.34. The summed E-state index contributed by atoms with van der Waals surface area (Å²) < 4.78 is 31.6. The highest BCUT2D eigenvalue weighted by molar-refractivity contribution is 5.67. The number of benzene rings is 1. The summed E-state index contributed by atoms with van der Waals surface area (Å²) in [4.78, 5) is 21.3. The first-order valence-corrected chi connectivity index (χ1v) is 6.87. The molecule has 0 atom stereocenters. The van der Waals surface area contributed by atoms with Crippen LogP contribution < -0.4 is 5.32 Å². The van der Waals surface area contributed by atoms with Gasteiger partial charge in [-0.3, -0.25) is 10.1 Å². The molecule has 0 aromatic heterocycles. The van der Waals surface area contributed by atoms with E-state index in [0.717, 1.165) is 6.07 Å². The predicted molar refractivity (Wildman–Crippen MR) is 80.9 cm³/mol. The Morgan fingerprint density at radius 3 is 2.61 bits per heavy atom. The molecule has 0 saturated heterocycles. The summed E-state index contributed by atoms with van der Waals surface area (Å²) in [6.07, 6.45) is 2.43. The maximum atomic E-state index is 13.4. The Bertz CT molecular complexity index is 625. The Labute approximate surface area is 132 Å². The normalized spacial score (nSPS) is 11.5. The molecule has 0 heterocycles. The van der Waals surface area contributed by atoms with Gasteiger partial charge in [-0.25, -0.2) is 9.18 Å². The predicted octanol–water partition coefficient (Wildman–Crippen LogP) is 3.80. The fraction of sp³-hybridized carbons (Fsp3) is 0.400. The van der Waals surface area contributed by atoms with Gasteiger partial charge >= 0.3 is 11.8 Å². The molecule has 0 aliphatic heterocycles. The molecule has 8 heteroatoms. The summed E-state index contributed by atoms with van der Waals surface area (Å²) in [5.41, 5.74) is -1.58. The van der Waals surface area contributed by atoms with E-state index in [0.29, 0.717) is 12.5 Å². The standard InChI is InChI=1S/C15H18F2N2O4/c1-15(2,3)23-14(20)18-7-5-4-6-10-8-11(16)9-12(17)13(10)19(21)22/h4,6,8-9H,5,7H2,1-3H3,(H,18,20). The molecule has 0 saturated carbocycles. The van der Waals surface area contributed by atoms with Crippen LogP contribution in [-0.4, -0.2) is 23.2 Å². The van der Waals surface area contributed by atoms with E-state index in [1.54, 1.807) is 20.8 Å². The van der Waals surface area contributed by atoms with Crippen molar-refractivity contribution in [2.45, 2.75) is 32.8 Å². The van der Waals surface area contributed by atoms with E-state index in [2.05, 4.69) is 5.32 Å². The number of hydrogen-bond acceptors (Lipinski definition) is 4. The monoisotopic (exact) mass is 328 g/mol. The molecule has 23 heavy (non-hydrogen) atoms. The average molecular weight is 328 g/mol. The third kappa shape index (κ3) is 6.41. The number of rotatable bonds is 5. The van der Waals surface area contributed by atoms with E-state index in [1.165, 1.54) is 12.2 Å². The molecule has 0 radical (unpaired) electrons. The maximum Gasteiger partial charge on any atom is 0.407 e. The van der Waals surface area contributed by atoms with Crippen LogP contribution in [0.4, 0.5) is 19.3 Å². The lowest BCUT2D eigenvalue weighted by Gasteiger charge is -2.19. The van der Waals surface area contributed by atoms with Crippen LogP contribution in [0.15, 0.2) is 18.2 Å². The van der Waals surface area contributed by atoms with Crippen molar-refractivity contribution in [1.29, 1.82) is 0 Å². The smallest absolute Gasteiger partial charge is 0.407 e. The molecule has 0 aliphatic rings. The van der Waals surface area contributed by atoms with Crippen LogP contribution in [0.3, 0.4) is 0 Å². The zero-order valence-corrected chi connectivity index (χ0v) is 13.1. The molecule has 0 bridgehead atoms. The number of amides is 1. The minimum Gasteiger partial charge on any atom is -0.444 e. The molecule has 1 N–H and O–H groups in total. The zero-order chi connectivity index (χ0) is 17.6. The molecule has 6 nitrogen and oxygen atoms in total. The van der Waals surface area contributed by atoms with E-state index in [1.807, 2.05) is 0 Å². The van der Waals surface area contributed by atoms with Crippen LogP contribution in [0.25, 0.3) is 6.08 Å². The van der Waals surface area contributed by atoms with Crippen LogP contribution in [0.2, 0.25) is 0 Å². The molecular weight excluding hydrogens is 310 g/mol. The van der Waals surface area contributed by atoms with Gasteiger partial charge in [0, 0.05) is 12.6 Å². The van der Waals surface area contributed by atoms with Gasteiger partial charge in [0.25, 0.3) is 0 Å². The maximum absolute atomic E-state index is 13.4. The number of carbonyl (C=O) groups is 1. The summed E-state index contributed by atoms with van der Waals surface area (Å²) in [7, 11) is 0. The van der Waals surface area contributed by atoms with E-state index >= 15 is 0 Å². The molecular formula is C15H18F2N2O4. The van der Waals surface area contributed by atoms with Crippen molar-refractivity contribution in [3.63, 3.8) is 0 Å². The first-order valence-electron chi connectivity index (χ1n) is 6.87. The highest BCUT2D eigenvalue weighted by Crippen LogP contribution is 2.25. The largest absolute Gasteiger partial charge is 0.444 e. The number of alkyl carbamates (subject to hydrolysis) is 1. The van der Waals surface area contributed by atoms with Gasteiger partial charge in [0.2, 0.25) is 5.82 Å². The summed E-state index contributed by atoms with van der Waals surface area (Å²) >= 11 is 0. The number of nitro groups is 1. The minimum atomic E-state index is -1.23. The van der Waals surface area contributed by atoms with Gasteiger partial charge in [-0.2, -0.15) is 4.39 Å².